The first-order chi connectivity index (χ1) is 8.57. The minimum absolute atomic E-state index is 0.248. The van der Waals surface area contributed by atoms with Crippen LogP contribution in [-0.4, -0.2) is 4.98 Å². The normalized spacial score (nSPS) is 22.2. The van der Waals surface area contributed by atoms with Gasteiger partial charge in [-0.25, -0.2) is 0 Å². The fraction of sp³-hybridized carbons (Fsp3) is 0.353. The highest BCUT2D eigenvalue weighted by atomic mass is 14.7. The first-order valence-electron chi connectivity index (χ1n) is 6.57. The van der Waals surface area contributed by atoms with Gasteiger partial charge in [-0.15, -0.1) is 0 Å². The number of pyridine rings is 1. The smallest absolute Gasteiger partial charge is 0.0306 e. The summed E-state index contributed by atoms with van der Waals surface area (Å²) in [5.74, 6) is 0.987. The minimum atomic E-state index is 0.248. The second-order valence-corrected chi connectivity index (χ2v) is 6.28. The zero-order valence-electron chi connectivity index (χ0n) is 11.2. The van der Waals surface area contributed by atoms with E-state index in [0.29, 0.717) is 11.8 Å². The zero-order valence-corrected chi connectivity index (χ0v) is 11.2. The zero-order chi connectivity index (χ0) is 12.8. The number of rotatable bonds is 1. The van der Waals surface area contributed by atoms with E-state index in [2.05, 4.69) is 62.2 Å². The van der Waals surface area contributed by atoms with E-state index in [0.717, 1.165) is 0 Å². The summed E-state index contributed by atoms with van der Waals surface area (Å²) in [6.07, 6.45) is 4.05. The molecule has 2 bridgehead atoms. The molecule has 2 aromatic rings. The predicted octanol–water partition coefficient (Wildman–Crippen LogP) is 4.36. The lowest BCUT2D eigenvalue weighted by molar-refractivity contribution is 0.305. The van der Waals surface area contributed by atoms with Gasteiger partial charge in [0.25, 0.3) is 0 Å². The Bertz CT molecular complexity index is 551. The fourth-order valence-corrected chi connectivity index (χ4v) is 3.25. The molecular weight excluding hydrogens is 218 g/mol. The third-order valence-corrected chi connectivity index (χ3v) is 3.92. The van der Waals surface area contributed by atoms with Crippen LogP contribution in [0.3, 0.4) is 0 Å². The van der Waals surface area contributed by atoms with E-state index in [9.17, 15) is 0 Å². The van der Waals surface area contributed by atoms with E-state index in [1.807, 2.05) is 12.4 Å². The molecule has 92 valence electrons. The highest BCUT2D eigenvalue weighted by molar-refractivity contribution is 5.44. The molecule has 1 aromatic heterocycles. The molecule has 0 spiro atoms. The molecule has 1 heterocycles. The molecule has 0 N–H and O–H groups in total. The van der Waals surface area contributed by atoms with Gasteiger partial charge in [-0.2, -0.15) is 0 Å². The maximum Gasteiger partial charge on any atom is 0.0306 e. The first-order valence-corrected chi connectivity index (χ1v) is 6.57. The van der Waals surface area contributed by atoms with Gasteiger partial charge in [-0.05, 0) is 22.1 Å². The molecule has 0 aliphatic heterocycles. The second kappa shape index (κ2) is 3.94. The molecule has 2 atom stereocenters. The van der Waals surface area contributed by atoms with E-state index in [-0.39, 0.29) is 5.41 Å². The lowest BCUT2D eigenvalue weighted by Gasteiger charge is -2.33. The highest BCUT2D eigenvalue weighted by Gasteiger charge is 2.39. The summed E-state index contributed by atoms with van der Waals surface area (Å²) >= 11 is 0. The summed E-state index contributed by atoms with van der Waals surface area (Å²) in [7, 11) is 0. The van der Waals surface area contributed by atoms with Crippen molar-refractivity contribution in [1.29, 1.82) is 0 Å². The van der Waals surface area contributed by atoms with Crippen molar-refractivity contribution < 1.29 is 0 Å². The van der Waals surface area contributed by atoms with Gasteiger partial charge in [0.15, 0.2) is 0 Å². The Morgan fingerprint density at radius 3 is 2.22 bits per heavy atom. The standard InChI is InChI=1S/C17H19N/c1-17(2,3)16-14-9-13(10-18-11-14)15(16)12-7-5-4-6-8-12/h4-11,15-16H,1-3H3. The second-order valence-electron chi connectivity index (χ2n) is 6.28. The fourth-order valence-electron chi connectivity index (χ4n) is 3.25. The molecule has 3 rings (SSSR count). The summed E-state index contributed by atoms with van der Waals surface area (Å²) in [4.78, 5) is 4.39. The Kier molecular flexibility index (Phi) is 2.51. The third-order valence-electron chi connectivity index (χ3n) is 3.92. The van der Waals surface area contributed by atoms with Gasteiger partial charge < -0.3 is 0 Å². The van der Waals surface area contributed by atoms with Gasteiger partial charge >= 0.3 is 0 Å². The monoisotopic (exact) mass is 237 g/mol. The molecule has 1 nitrogen and oxygen atoms in total. The van der Waals surface area contributed by atoms with Crippen LogP contribution < -0.4 is 0 Å². The Balaban J connectivity index is 2.12. The lowest BCUT2D eigenvalue weighted by Crippen LogP contribution is -2.22. The number of hydrogen-bond acceptors (Lipinski definition) is 1. The summed E-state index contributed by atoms with van der Waals surface area (Å²) in [5.41, 5.74) is 4.39. The van der Waals surface area contributed by atoms with Crippen molar-refractivity contribution in [3.63, 3.8) is 0 Å². The van der Waals surface area contributed by atoms with E-state index in [4.69, 9.17) is 0 Å². The van der Waals surface area contributed by atoms with Crippen molar-refractivity contribution in [2.75, 3.05) is 0 Å². The third kappa shape index (κ3) is 1.74. The average molecular weight is 237 g/mol. The van der Waals surface area contributed by atoms with Crippen molar-refractivity contribution >= 4 is 0 Å². The molecule has 0 fully saturated rings. The van der Waals surface area contributed by atoms with Crippen LogP contribution in [0.15, 0.2) is 48.8 Å². The average Bonchev–Trinajstić information content (AvgIpc) is 2.61. The largest absolute Gasteiger partial charge is 0.264 e. The van der Waals surface area contributed by atoms with Crippen molar-refractivity contribution in [1.82, 2.24) is 4.98 Å². The van der Waals surface area contributed by atoms with Gasteiger partial charge in [0, 0.05) is 24.2 Å². The quantitative estimate of drug-likeness (QED) is 0.718. The molecular formula is C17H19N. The maximum atomic E-state index is 4.39. The Hall–Kier alpha value is -1.63. The van der Waals surface area contributed by atoms with E-state index >= 15 is 0 Å². The van der Waals surface area contributed by atoms with E-state index in [1.165, 1.54) is 16.7 Å². The SMILES string of the molecule is CC(C)(C)C1c2cncc(c2)C1c1ccccc1. The number of hydrogen-bond donors (Lipinski definition) is 0. The molecule has 0 saturated heterocycles. The van der Waals surface area contributed by atoms with Crippen LogP contribution in [-0.2, 0) is 0 Å². The summed E-state index contributed by atoms with van der Waals surface area (Å²) in [6.45, 7) is 6.97. The maximum absolute atomic E-state index is 4.39. The molecule has 1 heteroatoms. The topological polar surface area (TPSA) is 12.9 Å². The minimum Gasteiger partial charge on any atom is -0.264 e. The predicted molar refractivity (Wildman–Crippen MR) is 74.7 cm³/mol. The molecule has 1 aliphatic carbocycles. The number of benzene rings is 1. The summed E-state index contributed by atoms with van der Waals surface area (Å²) in [6, 6.07) is 13.1. The van der Waals surface area contributed by atoms with Crippen LogP contribution >= 0.6 is 0 Å². The van der Waals surface area contributed by atoms with Crippen molar-refractivity contribution in [3.05, 3.63) is 65.5 Å². The lowest BCUT2D eigenvalue weighted by atomic mass is 9.70. The van der Waals surface area contributed by atoms with Crippen molar-refractivity contribution in [2.24, 2.45) is 5.41 Å². The van der Waals surface area contributed by atoms with Gasteiger partial charge in [0.05, 0.1) is 0 Å². The van der Waals surface area contributed by atoms with Gasteiger partial charge in [0.2, 0.25) is 0 Å². The molecule has 1 aliphatic rings. The van der Waals surface area contributed by atoms with Crippen LogP contribution in [0.1, 0.15) is 49.3 Å². The molecule has 2 unspecified atom stereocenters. The van der Waals surface area contributed by atoms with E-state index < -0.39 is 0 Å². The summed E-state index contributed by atoms with van der Waals surface area (Å²) < 4.78 is 0. The number of nitrogens with zero attached hydrogens (tertiary/aromatic N) is 1. The Morgan fingerprint density at radius 2 is 1.56 bits per heavy atom. The van der Waals surface area contributed by atoms with Crippen molar-refractivity contribution in [2.45, 2.75) is 32.6 Å². The van der Waals surface area contributed by atoms with Gasteiger partial charge in [-0.3, -0.25) is 4.98 Å². The van der Waals surface area contributed by atoms with E-state index in [1.54, 1.807) is 0 Å². The summed E-state index contributed by atoms with van der Waals surface area (Å²) in [5, 5.41) is 0. The van der Waals surface area contributed by atoms with Crippen LogP contribution in [0.4, 0.5) is 0 Å². The molecule has 1 aromatic carbocycles. The van der Waals surface area contributed by atoms with Crippen molar-refractivity contribution in [3.8, 4) is 0 Å². The molecule has 18 heavy (non-hydrogen) atoms. The molecule has 0 radical (unpaired) electrons. The van der Waals surface area contributed by atoms with Gasteiger partial charge in [0.1, 0.15) is 0 Å². The number of aromatic nitrogens is 1. The van der Waals surface area contributed by atoms with Crippen LogP contribution in [0.25, 0.3) is 0 Å². The molecule has 0 saturated carbocycles. The Morgan fingerprint density at radius 1 is 0.889 bits per heavy atom. The van der Waals surface area contributed by atoms with Crippen LogP contribution in [0.5, 0.6) is 0 Å². The van der Waals surface area contributed by atoms with Gasteiger partial charge in [-0.1, -0.05) is 57.2 Å². The Labute approximate surface area is 109 Å². The highest BCUT2D eigenvalue weighted by Crippen LogP contribution is 2.52. The number of fused-ring (bicyclic) bond motifs is 2. The first kappa shape index (κ1) is 11.5. The van der Waals surface area contributed by atoms with Crippen LogP contribution in [0.2, 0.25) is 0 Å². The van der Waals surface area contributed by atoms with Crippen LogP contribution in [0, 0.1) is 5.41 Å². The molecule has 0 amide bonds.